The van der Waals surface area contributed by atoms with Gasteiger partial charge in [0.1, 0.15) is 5.75 Å². The van der Waals surface area contributed by atoms with Crippen LogP contribution in [-0.4, -0.2) is 25.6 Å². The Morgan fingerprint density at radius 2 is 2.06 bits per heavy atom. The number of ether oxygens (including phenoxy) is 1. The van der Waals surface area contributed by atoms with Crippen LogP contribution in [0.4, 0.5) is 8.78 Å². The molecule has 3 N–H and O–H groups in total. The lowest BCUT2D eigenvalue weighted by Gasteiger charge is -2.10. The molecule has 0 aliphatic rings. The number of carbonyl (C=O) groups excluding carboxylic acids is 1. The molecular weight excluding hydrogens is 266 g/mol. The molecule has 0 fully saturated rings. The van der Waals surface area contributed by atoms with E-state index in [4.69, 9.17) is 5.73 Å². The predicted octanol–water partition coefficient (Wildman–Crippen LogP) is 1.33. The van der Waals surface area contributed by atoms with E-state index in [1.54, 1.807) is 18.2 Å². The van der Waals surface area contributed by atoms with Crippen molar-refractivity contribution in [3.05, 3.63) is 29.8 Å². The number of hydrogen-bond donors (Lipinski definition) is 2. The first-order valence-corrected chi connectivity index (χ1v) is 5.13. The highest BCUT2D eigenvalue weighted by Gasteiger charge is 2.11. The van der Waals surface area contributed by atoms with E-state index in [1.807, 2.05) is 0 Å². The summed E-state index contributed by atoms with van der Waals surface area (Å²) in [6.07, 6.45) is -0.0110. The first-order chi connectivity index (χ1) is 8.13. The fourth-order valence-corrected chi connectivity index (χ4v) is 1.31. The number of alkyl halides is 2. The first-order valence-electron chi connectivity index (χ1n) is 5.13. The van der Waals surface area contributed by atoms with E-state index < -0.39 is 6.61 Å². The summed E-state index contributed by atoms with van der Waals surface area (Å²) >= 11 is 0. The van der Waals surface area contributed by atoms with Crippen molar-refractivity contribution in [2.24, 2.45) is 5.73 Å². The summed E-state index contributed by atoms with van der Waals surface area (Å²) < 4.78 is 28.5. The largest absolute Gasteiger partial charge is 0.435 e. The van der Waals surface area contributed by atoms with Crippen LogP contribution in [0.5, 0.6) is 5.75 Å². The molecule has 4 nitrogen and oxygen atoms in total. The minimum atomic E-state index is -2.90. The minimum Gasteiger partial charge on any atom is -0.435 e. The summed E-state index contributed by atoms with van der Waals surface area (Å²) in [5, 5.41) is 2.55. The van der Waals surface area contributed by atoms with Gasteiger partial charge in [-0.1, -0.05) is 18.2 Å². The second-order valence-electron chi connectivity index (χ2n) is 3.30. The highest BCUT2D eigenvalue weighted by molar-refractivity contribution is 5.85. The van der Waals surface area contributed by atoms with Crippen LogP contribution in [0, 0.1) is 0 Å². The molecule has 0 saturated carbocycles. The molecule has 0 bridgehead atoms. The standard InChI is InChI=1S/C11H14F2N2O2.ClH/c12-11(13)17-9-4-2-1-3-8(9)7-10(16)15-6-5-14;/h1-4,11H,5-7,14H2,(H,15,16);1H. The molecule has 1 aromatic rings. The van der Waals surface area contributed by atoms with Crippen molar-refractivity contribution in [3.63, 3.8) is 0 Å². The van der Waals surface area contributed by atoms with Gasteiger partial charge in [0, 0.05) is 18.7 Å². The van der Waals surface area contributed by atoms with E-state index >= 15 is 0 Å². The monoisotopic (exact) mass is 280 g/mol. The van der Waals surface area contributed by atoms with Crippen molar-refractivity contribution in [2.45, 2.75) is 13.0 Å². The minimum absolute atomic E-state index is 0. The molecule has 0 saturated heterocycles. The van der Waals surface area contributed by atoms with E-state index in [-0.39, 0.29) is 30.5 Å². The lowest BCUT2D eigenvalue weighted by atomic mass is 10.1. The van der Waals surface area contributed by atoms with Gasteiger partial charge in [0.05, 0.1) is 6.42 Å². The molecule has 1 amide bonds. The fourth-order valence-electron chi connectivity index (χ4n) is 1.31. The van der Waals surface area contributed by atoms with Crippen LogP contribution in [0.2, 0.25) is 0 Å². The van der Waals surface area contributed by atoms with Crippen LogP contribution in [0.3, 0.4) is 0 Å². The van der Waals surface area contributed by atoms with Gasteiger partial charge in [-0.3, -0.25) is 4.79 Å². The average molecular weight is 281 g/mol. The van der Waals surface area contributed by atoms with E-state index in [2.05, 4.69) is 10.1 Å². The van der Waals surface area contributed by atoms with Gasteiger partial charge in [-0.25, -0.2) is 0 Å². The highest BCUT2D eigenvalue weighted by Crippen LogP contribution is 2.20. The molecule has 0 atom stereocenters. The molecule has 0 aromatic heterocycles. The van der Waals surface area contributed by atoms with Crippen molar-refractivity contribution in [2.75, 3.05) is 13.1 Å². The maximum Gasteiger partial charge on any atom is 0.387 e. The Morgan fingerprint density at radius 3 is 2.67 bits per heavy atom. The smallest absolute Gasteiger partial charge is 0.387 e. The average Bonchev–Trinajstić information content (AvgIpc) is 2.28. The number of nitrogens with one attached hydrogen (secondary N) is 1. The maximum absolute atomic E-state index is 12.1. The summed E-state index contributed by atoms with van der Waals surface area (Å²) in [4.78, 5) is 11.4. The van der Waals surface area contributed by atoms with E-state index in [1.165, 1.54) is 6.07 Å². The maximum atomic E-state index is 12.1. The van der Waals surface area contributed by atoms with Gasteiger partial charge < -0.3 is 15.8 Å². The summed E-state index contributed by atoms with van der Waals surface area (Å²) in [7, 11) is 0. The van der Waals surface area contributed by atoms with E-state index in [0.29, 0.717) is 18.7 Å². The molecule has 1 rings (SSSR count). The van der Waals surface area contributed by atoms with Crippen molar-refractivity contribution >= 4 is 18.3 Å². The van der Waals surface area contributed by atoms with E-state index in [0.717, 1.165) is 0 Å². The molecule has 0 radical (unpaired) electrons. The van der Waals surface area contributed by atoms with Crippen molar-refractivity contribution < 1.29 is 18.3 Å². The number of halogens is 3. The molecule has 102 valence electrons. The number of hydrogen-bond acceptors (Lipinski definition) is 3. The predicted molar refractivity (Wildman–Crippen MR) is 66.1 cm³/mol. The number of nitrogens with two attached hydrogens (primary N) is 1. The van der Waals surface area contributed by atoms with Gasteiger partial charge in [-0.15, -0.1) is 12.4 Å². The highest BCUT2D eigenvalue weighted by atomic mass is 35.5. The van der Waals surface area contributed by atoms with Gasteiger partial charge in [0.2, 0.25) is 5.91 Å². The molecule has 0 spiro atoms. The molecule has 0 unspecified atom stereocenters. The summed E-state index contributed by atoms with van der Waals surface area (Å²) in [5.41, 5.74) is 5.65. The SMILES string of the molecule is Cl.NCCNC(=O)Cc1ccccc1OC(F)F. The molecule has 0 heterocycles. The van der Waals surface area contributed by atoms with Crippen molar-refractivity contribution in [1.82, 2.24) is 5.32 Å². The van der Waals surface area contributed by atoms with E-state index in [9.17, 15) is 13.6 Å². The summed E-state index contributed by atoms with van der Waals surface area (Å²) in [5.74, 6) is -0.258. The lowest BCUT2D eigenvalue weighted by Crippen LogP contribution is -2.30. The Morgan fingerprint density at radius 1 is 1.39 bits per heavy atom. The second-order valence-corrected chi connectivity index (χ2v) is 3.30. The lowest BCUT2D eigenvalue weighted by molar-refractivity contribution is -0.120. The Bertz CT molecular complexity index is 378. The normalized spacial score (nSPS) is 9.78. The summed E-state index contributed by atoms with van der Waals surface area (Å²) in [6.45, 7) is -2.21. The molecular formula is C11H15ClF2N2O2. The molecule has 0 aliphatic carbocycles. The zero-order chi connectivity index (χ0) is 12.7. The molecule has 7 heteroatoms. The number of rotatable bonds is 6. The molecule has 1 aromatic carbocycles. The van der Waals surface area contributed by atoms with Crippen LogP contribution < -0.4 is 15.8 Å². The Labute approximate surface area is 110 Å². The van der Waals surface area contributed by atoms with Crippen LogP contribution in [-0.2, 0) is 11.2 Å². The molecule has 18 heavy (non-hydrogen) atoms. The Balaban J connectivity index is 0.00000289. The van der Waals surface area contributed by atoms with Gasteiger partial charge in [-0.2, -0.15) is 8.78 Å². The third kappa shape index (κ3) is 5.79. The van der Waals surface area contributed by atoms with Gasteiger partial charge >= 0.3 is 6.61 Å². The number of para-hydroxylation sites is 1. The third-order valence-electron chi connectivity index (χ3n) is 2.01. The third-order valence-corrected chi connectivity index (χ3v) is 2.01. The zero-order valence-electron chi connectivity index (χ0n) is 9.57. The fraction of sp³-hybridized carbons (Fsp3) is 0.364. The first kappa shape index (κ1) is 16.6. The Hall–Kier alpha value is -1.40. The van der Waals surface area contributed by atoms with Crippen LogP contribution in [0.1, 0.15) is 5.56 Å². The number of amides is 1. The number of carbonyl (C=O) groups is 1. The summed E-state index contributed by atoms with van der Waals surface area (Å²) in [6, 6.07) is 6.19. The Kier molecular flexibility index (Phi) is 7.98. The topological polar surface area (TPSA) is 64.3 Å². The van der Waals surface area contributed by atoms with Crippen LogP contribution in [0.15, 0.2) is 24.3 Å². The van der Waals surface area contributed by atoms with Crippen molar-refractivity contribution in [1.29, 1.82) is 0 Å². The van der Waals surface area contributed by atoms with Crippen LogP contribution in [0.25, 0.3) is 0 Å². The van der Waals surface area contributed by atoms with Crippen molar-refractivity contribution in [3.8, 4) is 5.75 Å². The van der Waals surface area contributed by atoms with Gasteiger partial charge in [-0.05, 0) is 6.07 Å². The van der Waals surface area contributed by atoms with Gasteiger partial charge in [0.25, 0.3) is 0 Å². The second kappa shape index (κ2) is 8.66. The molecule has 0 aliphatic heterocycles. The number of benzene rings is 1. The van der Waals surface area contributed by atoms with Crippen LogP contribution >= 0.6 is 12.4 Å². The zero-order valence-corrected chi connectivity index (χ0v) is 10.4. The quantitative estimate of drug-likeness (QED) is 0.826. The van der Waals surface area contributed by atoms with Gasteiger partial charge in [0.15, 0.2) is 0 Å².